The van der Waals surface area contributed by atoms with Gasteiger partial charge in [-0.3, -0.25) is 4.79 Å². The molecule has 1 fully saturated rings. The van der Waals surface area contributed by atoms with Crippen LogP contribution in [-0.2, 0) is 4.79 Å². The molecule has 7 nitrogen and oxygen atoms in total. The van der Waals surface area contributed by atoms with Gasteiger partial charge in [-0.2, -0.15) is 0 Å². The molecule has 0 bridgehead atoms. The number of likely N-dealkylation sites (tertiary alicyclic amines) is 1. The number of rotatable bonds is 3. The number of carbonyl (C=O) groups excluding carboxylic acids is 2. The Labute approximate surface area is 147 Å². The quantitative estimate of drug-likeness (QED) is 0.625. The van der Waals surface area contributed by atoms with Crippen LogP contribution in [0.15, 0.2) is 47.5 Å². The van der Waals surface area contributed by atoms with Crippen molar-refractivity contribution in [2.75, 3.05) is 13.1 Å². The smallest absolute Gasteiger partial charge is 0.319 e. The normalized spacial score (nSPS) is 21.6. The molecule has 1 saturated heterocycles. The van der Waals surface area contributed by atoms with E-state index in [0.29, 0.717) is 19.5 Å². The minimum absolute atomic E-state index is 0.137. The number of aliphatic hydroxyl groups excluding tert-OH is 1. The van der Waals surface area contributed by atoms with Crippen molar-refractivity contribution >= 4 is 11.9 Å². The summed E-state index contributed by atoms with van der Waals surface area (Å²) in [5, 5.41) is 15.7. The van der Waals surface area contributed by atoms with Gasteiger partial charge in [0.25, 0.3) is 5.91 Å². The van der Waals surface area contributed by atoms with Crippen LogP contribution in [0.3, 0.4) is 0 Å². The third-order valence-electron chi connectivity index (χ3n) is 4.19. The summed E-state index contributed by atoms with van der Waals surface area (Å²) in [6.45, 7) is 2.80. The van der Waals surface area contributed by atoms with Crippen LogP contribution < -0.4 is 16.4 Å². The Morgan fingerprint density at radius 3 is 2.96 bits per heavy atom. The molecule has 1 unspecified atom stereocenters. The van der Waals surface area contributed by atoms with Gasteiger partial charge >= 0.3 is 6.03 Å². The van der Waals surface area contributed by atoms with Gasteiger partial charge in [-0.1, -0.05) is 18.2 Å². The van der Waals surface area contributed by atoms with Gasteiger partial charge in [-0.15, -0.1) is 0 Å². The van der Waals surface area contributed by atoms with Crippen molar-refractivity contribution in [3.05, 3.63) is 47.5 Å². The van der Waals surface area contributed by atoms with Crippen molar-refractivity contribution in [2.24, 2.45) is 5.73 Å². The lowest BCUT2D eigenvalue weighted by atomic mass is 10.1. The molecule has 0 spiro atoms. The number of aliphatic hydroxyl groups is 1. The first-order valence-electron chi connectivity index (χ1n) is 8.56. The first kappa shape index (κ1) is 18.6. The summed E-state index contributed by atoms with van der Waals surface area (Å²) in [6.07, 6.45) is 11.5. The fourth-order valence-electron chi connectivity index (χ4n) is 2.89. The molecule has 0 aromatic carbocycles. The topological polar surface area (TPSA) is 108 Å². The molecule has 2 rings (SSSR count). The van der Waals surface area contributed by atoms with E-state index in [2.05, 4.69) is 10.6 Å². The number of allylic oxidation sites excluding steroid dienone is 3. The van der Waals surface area contributed by atoms with Crippen LogP contribution in [-0.4, -0.2) is 41.1 Å². The molecule has 5 N–H and O–H groups in total. The minimum Gasteiger partial charge on any atom is -0.505 e. The first-order chi connectivity index (χ1) is 12.0. The second kappa shape index (κ2) is 8.96. The van der Waals surface area contributed by atoms with E-state index in [9.17, 15) is 14.7 Å². The molecule has 2 aliphatic rings. The van der Waals surface area contributed by atoms with Gasteiger partial charge in [-0.25, -0.2) is 4.79 Å². The van der Waals surface area contributed by atoms with E-state index in [1.54, 1.807) is 35.4 Å². The Morgan fingerprint density at radius 2 is 2.20 bits per heavy atom. The van der Waals surface area contributed by atoms with Gasteiger partial charge in [0.1, 0.15) is 0 Å². The summed E-state index contributed by atoms with van der Waals surface area (Å²) in [5.41, 5.74) is 6.19. The second-order valence-corrected chi connectivity index (χ2v) is 6.12. The number of carbonyl (C=O) groups is 2. The highest BCUT2D eigenvalue weighted by molar-refractivity contribution is 5.97. The van der Waals surface area contributed by atoms with E-state index in [4.69, 9.17) is 5.73 Å². The fourth-order valence-corrected chi connectivity index (χ4v) is 2.89. The van der Waals surface area contributed by atoms with Crippen LogP contribution in [0.5, 0.6) is 0 Å². The van der Waals surface area contributed by atoms with Crippen molar-refractivity contribution in [3.63, 3.8) is 0 Å². The standard InChI is InChI=1S/C18H26N4O3/c1-2-10-20-18(25)21-13-7-5-6-11-22(12-13)17(24)14-8-3-4-9-15(19)16(14)23/h2-3,8-10,13,23H,4-7,11-12,19H2,1H3,(H2,20,21,25)/b10-2+. The predicted molar refractivity (Wildman–Crippen MR) is 96.4 cm³/mol. The lowest BCUT2D eigenvalue weighted by Gasteiger charge is -2.25. The van der Waals surface area contributed by atoms with Gasteiger partial charge in [0.2, 0.25) is 0 Å². The number of nitrogens with one attached hydrogen (secondary N) is 2. The summed E-state index contributed by atoms with van der Waals surface area (Å²) in [5.74, 6) is -0.451. The molecule has 0 aromatic rings. The van der Waals surface area contributed by atoms with Gasteiger partial charge in [-0.05, 0) is 38.7 Å². The number of nitrogens with two attached hydrogens (primary N) is 1. The Balaban J connectivity index is 2.09. The monoisotopic (exact) mass is 346 g/mol. The number of nitrogens with zero attached hydrogens (tertiary/aromatic N) is 1. The van der Waals surface area contributed by atoms with Crippen molar-refractivity contribution in [1.29, 1.82) is 0 Å². The van der Waals surface area contributed by atoms with Gasteiger partial charge < -0.3 is 26.4 Å². The zero-order chi connectivity index (χ0) is 18.2. The van der Waals surface area contributed by atoms with Crippen molar-refractivity contribution in [2.45, 2.75) is 38.6 Å². The first-order valence-corrected chi connectivity index (χ1v) is 8.56. The maximum Gasteiger partial charge on any atom is 0.319 e. The largest absolute Gasteiger partial charge is 0.505 e. The van der Waals surface area contributed by atoms with E-state index < -0.39 is 0 Å². The Kier molecular flexibility index (Phi) is 6.68. The van der Waals surface area contributed by atoms with Crippen LogP contribution in [0.4, 0.5) is 4.79 Å². The molecule has 136 valence electrons. The van der Waals surface area contributed by atoms with Gasteiger partial charge in [0, 0.05) is 25.3 Å². The van der Waals surface area contributed by atoms with Crippen LogP contribution in [0.25, 0.3) is 0 Å². The van der Waals surface area contributed by atoms with Crippen LogP contribution in [0.1, 0.15) is 32.6 Å². The lowest BCUT2D eigenvalue weighted by molar-refractivity contribution is -0.127. The van der Waals surface area contributed by atoms with E-state index in [0.717, 1.165) is 19.3 Å². The minimum atomic E-state index is -0.291. The predicted octanol–water partition coefficient (Wildman–Crippen LogP) is 1.81. The summed E-state index contributed by atoms with van der Waals surface area (Å²) in [7, 11) is 0. The maximum atomic E-state index is 12.9. The summed E-state index contributed by atoms with van der Waals surface area (Å²) in [4.78, 5) is 26.4. The molecule has 7 heteroatoms. The molecule has 3 amide bonds. The highest BCUT2D eigenvalue weighted by Gasteiger charge is 2.26. The summed E-state index contributed by atoms with van der Waals surface area (Å²) < 4.78 is 0. The maximum absolute atomic E-state index is 12.9. The lowest BCUT2D eigenvalue weighted by Crippen LogP contribution is -2.47. The molecular weight excluding hydrogens is 320 g/mol. The molecule has 25 heavy (non-hydrogen) atoms. The third-order valence-corrected chi connectivity index (χ3v) is 4.19. The fraction of sp³-hybridized carbons (Fsp3) is 0.444. The van der Waals surface area contributed by atoms with Crippen LogP contribution in [0, 0.1) is 0 Å². The number of hydrogen-bond acceptors (Lipinski definition) is 4. The average molecular weight is 346 g/mol. The number of hydrogen-bond donors (Lipinski definition) is 4. The molecule has 0 radical (unpaired) electrons. The highest BCUT2D eigenvalue weighted by Crippen LogP contribution is 2.19. The van der Waals surface area contributed by atoms with Gasteiger partial charge in [0.15, 0.2) is 5.76 Å². The van der Waals surface area contributed by atoms with Crippen molar-refractivity contribution in [3.8, 4) is 0 Å². The molecule has 1 aliphatic heterocycles. The van der Waals surface area contributed by atoms with Crippen LogP contribution >= 0.6 is 0 Å². The zero-order valence-electron chi connectivity index (χ0n) is 14.5. The molecular formula is C18H26N4O3. The zero-order valence-corrected chi connectivity index (χ0v) is 14.5. The van der Waals surface area contributed by atoms with E-state index in [1.807, 2.05) is 6.92 Å². The molecule has 0 saturated carbocycles. The van der Waals surface area contributed by atoms with Crippen molar-refractivity contribution < 1.29 is 14.7 Å². The Hall–Kier alpha value is -2.70. The van der Waals surface area contributed by atoms with E-state index >= 15 is 0 Å². The van der Waals surface area contributed by atoms with E-state index in [1.165, 1.54) is 0 Å². The molecule has 0 aromatic heterocycles. The summed E-state index contributed by atoms with van der Waals surface area (Å²) >= 11 is 0. The van der Waals surface area contributed by atoms with Gasteiger partial charge in [0.05, 0.1) is 11.3 Å². The summed E-state index contributed by atoms with van der Waals surface area (Å²) in [6, 6.07) is -0.428. The molecule has 1 heterocycles. The molecule has 1 aliphatic carbocycles. The average Bonchev–Trinajstić information content (AvgIpc) is 2.92. The van der Waals surface area contributed by atoms with Crippen LogP contribution in [0.2, 0.25) is 0 Å². The SMILES string of the molecule is C/C=C/NC(=O)NC1CCCCN(C(=O)C2=C(O)C(N)=CCC=C2)C1. The third kappa shape index (κ3) is 5.14. The van der Waals surface area contributed by atoms with Crippen molar-refractivity contribution in [1.82, 2.24) is 15.5 Å². The number of urea groups is 1. The molecule has 1 atom stereocenters. The highest BCUT2D eigenvalue weighted by atomic mass is 16.3. The Bertz CT molecular complexity index is 634. The second-order valence-electron chi connectivity index (χ2n) is 6.12. The Morgan fingerprint density at radius 1 is 1.40 bits per heavy atom. The van der Waals surface area contributed by atoms with E-state index in [-0.39, 0.29) is 35.0 Å². The number of amides is 3.